The number of piperazine rings is 1. The number of sulfonamides is 1. The first kappa shape index (κ1) is 29.5. The molecule has 2 aliphatic rings. The van der Waals surface area contributed by atoms with Crippen LogP contribution in [-0.2, 0) is 29.7 Å². The number of likely N-dealkylation sites (tertiary alicyclic amines) is 1. The van der Waals surface area contributed by atoms with Crippen LogP contribution >= 0.6 is 0 Å². The molecular formula is C33H42N4O3S. The van der Waals surface area contributed by atoms with Crippen LogP contribution in [0.15, 0.2) is 77.7 Å². The lowest BCUT2D eigenvalue weighted by Crippen LogP contribution is -2.48. The minimum atomic E-state index is -3.48. The molecule has 0 aromatic heterocycles. The maximum absolute atomic E-state index is 13.0. The smallest absolute Gasteiger partial charge is 0.251 e. The third-order valence-corrected chi connectivity index (χ3v) is 10.0. The summed E-state index contributed by atoms with van der Waals surface area (Å²) >= 11 is 0. The molecule has 2 heterocycles. The number of hydrogen-bond donors (Lipinski definition) is 1. The maximum Gasteiger partial charge on any atom is 0.251 e. The highest BCUT2D eigenvalue weighted by atomic mass is 32.2. The molecule has 0 atom stereocenters. The Labute approximate surface area is 245 Å². The molecule has 0 spiro atoms. The third kappa shape index (κ3) is 8.04. The number of nitrogens with zero attached hydrogens (tertiary/aromatic N) is 3. The van der Waals surface area contributed by atoms with Crippen LogP contribution in [-0.4, -0.2) is 67.7 Å². The summed E-state index contributed by atoms with van der Waals surface area (Å²) in [6.45, 7) is 8.62. The van der Waals surface area contributed by atoms with Crippen molar-refractivity contribution in [2.24, 2.45) is 0 Å². The second kappa shape index (κ2) is 13.7. The van der Waals surface area contributed by atoms with Crippen molar-refractivity contribution in [3.05, 3.63) is 101 Å². The van der Waals surface area contributed by atoms with Gasteiger partial charge in [-0.05, 0) is 73.8 Å². The van der Waals surface area contributed by atoms with Gasteiger partial charge in [0.05, 0.1) is 4.90 Å². The van der Waals surface area contributed by atoms with Crippen LogP contribution in [0.4, 0.5) is 0 Å². The molecule has 1 N–H and O–H groups in total. The van der Waals surface area contributed by atoms with Crippen LogP contribution in [0.5, 0.6) is 0 Å². The first-order valence-corrected chi connectivity index (χ1v) is 16.3. The number of aryl methyl sites for hydroxylation is 1. The Hall–Kier alpha value is -3.04. The predicted molar refractivity (Wildman–Crippen MR) is 163 cm³/mol. The number of hydrogen-bond acceptors (Lipinski definition) is 5. The Morgan fingerprint density at radius 2 is 1.29 bits per heavy atom. The topological polar surface area (TPSA) is 73.0 Å². The highest BCUT2D eigenvalue weighted by Gasteiger charge is 2.28. The lowest BCUT2D eigenvalue weighted by atomic mass is 10.1. The summed E-state index contributed by atoms with van der Waals surface area (Å²) in [4.78, 5) is 18.1. The van der Waals surface area contributed by atoms with E-state index in [2.05, 4.69) is 39.4 Å². The van der Waals surface area contributed by atoms with Gasteiger partial charge in [-0.25, -0.2) is 8.42 Å². The van der Waals surface area contributed by atoms with Crippen molar-refractivity contribution >= 4 is 15.9 Å². The van der Waals surface area contributed by atoms with E-state index < -0.39 is 10.0 Å². The fourth-order valence-corrected chi connectivity index (χ4v) is 7.15. The van der Waals surface area contributed by atoms with E-state index >= 15 is 0 Å². The molecule has 218 valence electrons. The van der Waals surface area contributed by atoms with Crippen LogP contribution in [0.1, 0.15) is 58.3 Å². The first-order valence-electron chi connectivity index (χ1n) is 14.8. The minimum absolute atomic E-state index is 0.0845. The summed E-state index contributed by atoms with van der Waals surface area (Å²) in [6.07, 6.45) is 5.22. The molecule has 0 bridgehead atoms. The molecule has 2 fully saturated rings. The molecule has 1 amide bonds. The standard InChI is InChI=1S/C33H42N4O3S/c1-27-12-14-32(15-13-27)41(39,40)37-20-18-36(19-21-37)26-30-10-7-11-31(23-30)33(38)34-24-28-8-6-9-29(22-28)25-35-16-4-2-3-5-17-35/h6-15,22-23H,2-5,16-21,24-26H2,1H3,(H,34,38). The zero-order valence-corrected chi connectivity index (χ0v) is 24.9. The largest absolute Gasteiger partial charge is 0.348 e. The first-order chi connectivity index (χ1) is 19.9. The maximum atomic E-state index is 13.0. The number of carbonyl (C=O) groups excluding carboxylic acids is 1. The number of carbonyl (C=O) groups is 1. The van der Waals surface area contributed by atoms with E-state index in [0.717, 1.165) is 23.2 Å². The van der Waals surface area contributed by atoms with Gasteiger partial charge in [-0.2, -0.15) is 4.31 Å². The van der Waals surface area contributed by atoms with Crippen molar-refractivity contribution < 1.29 is 13.2 Å². The van der Waals surface area contributed by atoms with Gasteiger partial charge in [-0.3, -0.25) is 14.6 Å². The lowest BCUT2D eigenvalue weighted by molar-refractivity contribution is 0.0950. The summed E-state index contributed by atoms with van der Waals surface area (Å²) in [5.74, 6) is -0.0845. The molecule has 0 aliphatic carbocycles. The van der Waals surface area contributed by atoms with E-state index in [1.54, 1.807) is 16.4 Å². The predicted octanol–water partition coefficient (Wildman–Crippen LogP) is 4.81. The van der Waals surface area contributed by atoms with Gasteiger partial charge < -0.3 is 5.32 Å². The molecule has 7 nitrogen and oxygen atoms in total. The highest BCUT2D eigenvalue weighted by Crippen LogP contribution is 2.20. The van der Waals surface area contributed by atoms with Gasteiger partial charge in [0.15, 0.2) is 0 Å². The SMILES string of the molecule is Cc1ccc(S(=O)(=O)N2CCN(Cc3cccc(C(=O)NCc4cccc(CN5CCCCCC5)c4)c3)CC2)cc1. The summed E-state index contributed by atoms with van der Waals surface area (Å²) in [5, 5.41) is 3.09. The Morgan fingerprint density at radius 1 is 0.707 bits per heavy atom. The number of nitrogens with one attached hydrogen (secondary N) is 1. The monoisotopic (exact) mass is 574 g/mol. The number of benzene rings is 3. The quantitative estimate of drug-likeness (QED) is 0.397. The zero-order valence-electron chi connectivity index (χ0n) is 24.1. The van der Waals surface area contributed by atoms with Crippen LogP contribution in [0, 0.1) is 6.92 Å². The molecule has 0 radical (unpaired) electrons. The molecule has 2 aliphatic heterocycles. The van der Waals surface area contributed by atoms with E-state index in [0.29, 0.717) is 49.7 Å². The second-order valence-electron chi connectivity index (χ2n) is 11.4. The van der Waals surface area contributed by atoms with E-state index in [1.807, 2.05) is 43.3 Å². The van der Waals surface area contributed by atoms with Crippen LogP contribution in [0.2, 0.25) is 0 Å². The normalized spacial score (nSPS) is 17.7. The van der Waals surface area contributed by atoms with Crippen molar-refractivity contribution in [2.75, 3.05) is 39.3 Å². The van der Waals surface area contributed by atoms with E-state index in [4.69, 9.17) is 0 Å². The molecule has 5 rings (SSSR count). The highest BCUT2D eigenvalue weighted by molar-refractivity contribution is 7.89. The van der Waals surface area contributed by atoms with Crippen molar-refractivity contribution in [2.45, 2.75) is 57.1 Å². The average Bonchev–Trinajstić information content (AvgIpc) is 3.25. The van der Waals surface area contributed by atoms with Crippen molar-refractivity contribution in [1.29, 1.82) is 0 Å². The fraction of sp³-hybridized carbons (Fsp3) is 0.424. The molecule has 2 saturated heterocycles. The van der Waals surface area contributed by atoms with Gasteiger partial charge in [0.1, 0.15) is 0 Å². The summed E-state index contributed by atoms with van der Waals surface area (Å²) in [6, 6.07) is 23.3. The Morgan fingerprint density at radius 3 is 1.98 bits per heavy atom. The molecule has 3 aromatic rings. The molecule has 0 unspecified atom stereocenters. The van der Waals surface area contributed by atoms with Gasteiger partial charge in [-0.15, -0.1) is 0 Å². The van der Waals surface area contributed by atoms with Gasteiger partial charge >= 0.3 is 0 Å². The minimum Gasteiger partial charge on any atom is -0.348 e. The number of rotatable bonds is 9. The lowest BCUT2D eigenvalue weighted by Gasteiger charge is -2.34. The van der Waals surface area contributed by atoms with Gasteiger partial charge in [0, 0.05) is 51.4 Å². The molecular weight excluding hydrogens is 532 g/mol. The molecule has 41 heavy (non-hydrogen) atoms. The van der Waals surface area contributed by atoms with E-state index in [-0.39, 0.29) is 5.91 Å². The average molecular weight is 575 g/mol. The van der Waals surface area contributed by atoms with Crippen LogP contribution in [0.3, 0.4) is 0 Å². The summed E-state index contributed by atoms with van der Waals surface area (Å²) in [5.41, 5.74) is 5.14. The Balaban J connectivity index is 1.12. The molecule has 0 saturated carbocycles. The van der Waals surface area contributed by atoms with Crippen molar-refractivity contribution in [3.8, 4) is 0 Å². The van der Waals surface area contributed by atoms with Crippen molar-refractivity contribution in [3.63, 3.8) is 0 Å². The molecule has 8 heteroatoms. The Kier molecular flexibility index (Phi) is 9.88. The van der Waals surface area contributed by atoms with Crippen molar-refractivity contribution in [1.82, 2.24) is 19.4 Å². The van der Waals surface area contributed by atoms with Gasteiger partial charge in [0.2, 0.25) is 10.0 Å². The van der Waals surface area contributed by atoms with E-state index in [9.17, 15) is 13.2 Å². The van der Waals surface area contributed by atoms with E-state index in [1.165, 1.54) is 44.3 Å². The number of amides is 1. The molecule has 3 aromatic carbocycles. The second-order valence-corrected chi connectivity index (χ2v) is 13.3. The van der Waals surface area contributed by atoms with Crippen LogP contribution < -0.4 is 5.32 Å². The van der Waals surface area contributed by atoms with Gasteiger partial charge in [-0.1, -0.05) is 66.9 Å². The van der Waals surface area contributed by atoms with Crippen LogP contribution in [0.25, 0.3) is 0 Å². The third-order valence-electron chi connectivity index (χ3n) is 8.13. The van der Waals surface area contributed by atoms with Gasteiger partial charge in [0.25, 0.3) is 5.91 Å². The summed E-state index contributed by atoms with van der Waals surface area (Å²) in [7, 11) is -3.48. The zero-order chi connectivity index (χ0) is 28.7. The Bertz CT molecular complexity index is 1410. The summed E-state index contributed by atoms with van der Waals surface area (Å²) < 4.78 is 27.6. The fourth-order valence-electron chi connectivity index (χ4n) is 5.73.